The van der Waals surface area contributed by atoms with E-state index in [-0.39, 0.29) is 17.9 Å². The maximum atomic E-state index is 13.8. The van der Waals surface area contributed by atoms with Crippen molar-refractivity contribution >= 4 is 23.2 Å². The van der Waals surface area contributed by atoms with Crippen molar-refractivity contribution in [1.29, 1.82) is 0 Å². The van der Waals surface area contributed by atoms with Gasteiger partial charge in [0.2, 0.25) is 5.91 Å². The number of ether oxygens (including phenoxy) is 1. The lowest BCUT2D eigenvalue weighted by molar-refractivity contribution is -0.124. The van der Waals surface area contributed by atoms with Crippen LogP contribution in [0.15, 0.2) is 64.6 Å². The van der Waals surface area contributed by atoms with Gasteiger partial charge in [-0.3, -0.25) is 14.5 Å². The molecule has 3 heterocycles. The fourth-order valence-electron chi connectivity index (χ4n) is 5.95. The van der Waals surface area contributed by atoms with Gasteiger partial charge in [0.25, 0.3) is 5.91 Å². The smallest absolute Gasteiger partial charge is 0.254 e. The first-order chi connectivity index (χ1) is 18.7. The third kappa shape index (κ3) is 5.87. The standard InChI is InChI=1S/C30H37N3O4S/c1-36-19-17-33-28(26-14-7-20-38-26)27(24-12-4-5-13-25(24)30(33)35)29(34)31-15-8-16-32(22-9-2-3-10-22)21-23-11-6-18-37-23/h4-7,11-14,18,20,22,27-28H,2-3,8-10,15-17,19,21H2,1H3,(H,31,34)/t27-,28+/m1/s1. The molecule has 5 rings (SSSR count). The summed E-state index contributed by atoms with van der Waals surface area (Å²) >= 11 is 1.58. The summed E-state index contributed by atoms with van der Waals surface area (Å²) in [5, 5.41) is 5.23. The highest BCUT2D eigenvalue weighted by molar-refractivity contribution is 7.10. The van der Waals surface area contributed by atoms with Crippen LogP contribution < -0.4 is 5.32 Å². The van der Waals surface area contributed by atoms with E-state index in [1.807, 2.05) is 58.8 Å². The molecule has 2 aliphatic rings. The third-order valence-corrected chi connectivity index (χ3v) is 8.74. The number of amides is 2. The molecular formula is C30H37N3O4S. The van der Waals surface area contributed by atoms with E-state index in [9.17, 15) is 9.59 Å². The number of methoxy groups -OCH3 is 1. The van der Waals surface area contributed by atoms with Gasteiger partial charge >= 0.3 is 0 Å². The molecule has 0 spiro atoms. The number of carbonyl (C=O) groups excluding carboxylic acids is 2. The lowest BCUT2D eigenvalue weighted by Gasteiger charge is -2.41. The Kier molecular flexibility index (Phi) is 8.94. The predicted octanol–water partition coefficient (Wildman–Crippen LogP) is 5.22. The number of fused-ring (bicyclic) bond motifs is 1. The Balaban J connectivity index is 1.30. The van der Waals surface area contributed by atoms with Crippen molar-refractivity contribution in [3.8, 4) is 0 Å². The molecule has 1 aromatic carbocycles. The molecule has 202 valence electrons. The quantitative estimate of drug-likeness (QED) is 0.322. The van der Waals surface area contributed by atoms with Gasteiger partial charge in [0.15, 0.2) is 0 Å². The summed E-state index contributed by atoms with van der Waals surface area (Å²) in [6.07, 6.45) is 7.58. The average Bonchev–Trinajstić information content (AvgIpc) is 3.74. The van der Waals surface area contributed by atoms with Crippen LogP contribution in [0, 0.1) is 0 Å². The van der Waals surface area contributed by atoms with Crippen molar-refractivity contribution in [2.75, 3.05) is 33.4 Å². The number of furan rings is 1. The number of benzene rings is 1. The van der Waals surface area contributed by atoms with Gasteiger partial charge in [-0.05, 0) is 54.5 Å². The molecule has 1 aliphatic heterocycles. The maximum Gasteiger partial charge on any atom is 0.254 e. The Morgan fingerprint density at radius 3 is 2.74 bits per heavy atom. The molecule has 1 aliphatic carbocycles. The molecule has 1 N–H and O–H groups in total. The van der Waals surface area contributed by atoms with Crippen molar-refractivity contribution in [1.82, 2.24) is 15.1 Å². The van der Waals surface area contributed by atoms with Gasteiger partial charge in [-0.15, -0.1) is 11.3 Å². The van der Waals surface area contributed by atoms with Crippen LogP contribution in [0.25, 0.3) is 0 Å². The largest absolute Gasteiger partial charge is 0.468 e. The van der Waals surface area contributed by atoms with Gasteiger partial charge < -0.3 is 19.4 Å². The van der Waals surface area contributed by atoms with Crippen LogP contribution in [0.1, 0.15) is 70.6 Å². The van der Waals surface area contributed by atoms with Gasteiger partial charge in [0.05, 0.1) is 31.4 Å². The van der Waals surface area contributed by atoms with Gasteiger partial charge in [-0.1, -0.05) is 37.1 Å². The van der Waals surface area contributed by atoms with Gasteiger partial charge in [-0.2, -0.15) is 0 Å². The molecule has 2 atom stereocenters. The molecule has 0 saturated heterocycles. The summed E-state index contributed by atoms with van der Waals surface area (Å²) in [6, 6.07) is 15.7. The minimum atomic E-state index is -0.478. The minimum Gasteiger partial charge on any atom is -0.468 e. The number of hydrogen-bond acceptors (Lipinski definition) is 6. The van der Waals surface area contributed by atoms with Crippen LogP contribution in [-0.4, -0.2) is 61.0 Å². The van der Waals surface area contributed by atoms with E-state index < -0.39 is 5.92 Å². The van der Waals surface area contributed by atoms with Gasteiger partial charge in [0, 0.05) is 43.2 Å². The molecule has 2 aromatic heterocycles. The molecule has 2 amide bonds. The SMILES string of the molecule is COCCN1C(=O)c2ccccc2[C@@H](C(=O)NCCCN(Cc2ccco2)C2CCCC2)[C@@H]1c1cccs1. The van der Waals surface area contributed by atoms with Crippen molar-refractivity contribution in [2.24, 2.45) is 0 Å². The van der Waals surface area contributed by atoms with Crippen molar-refractivity contribution in [3.05, 3.63) is 81.9 Å². The molecule has 0 bridgehead atoms. The van der Waals surface area contributed by atoms with Gasteiger partial charge in [-0.25, -0.2) is 0 Å². The van der Waals surface area contributed by atoms with Crippen molar-refractivity contribution in [3.63, 3.8) is 0 Å². The predicted molar refractivity (Wildman–Crippen MR) is 148 cm³/mol. The van der Waals surface area contributed by atoms with E-state index in [4.69, 9.17) is 9.15 Å². The first kappa shape index (κ1) is 26.7. The summed E-state index contributed by atoms with van der Waals surface area (Å²) < 4.78 is 10.9. The monoisotopic (exact) mass is 535 g/mol. The highest BCUT2D eigenvalue weighted by Gasteiger charge is 2.44. The fourth-order valence-corrected chi connectivity index (χ4v) is 6.83. The van der Waals surface area contributed by atoms with E-state index in [1.165, 1.54) is 25.7 Å². The second kappa shape index (κ2) is 12.7. The van der Waals surface area contributed by atoms with E-state index in [0.29, 0.717) is 31.3 Å². The molecule has 7 nitrogen and oxygen atoms in total. The lowest BCUT2D eigenvalue weighted by Crippen LogP contribution is -2.48. The number of rotatable bonds is 12. The summed E-state index contributed by atoms with van der Waals surface area (Å²) in [4.78, 5) is 32.7. The number of nitrogens with one attached hydrogen (secondary N) is 1. The number of hydrogen-bond donors (Lipinski definition) is 1. The minimum absolute atomic E-state index is 0.0378. The normalized spacial score (nSPS) is 19.7. The van der Waals surface area contributed by atoms with Crippen LogP contribution in [0.2, 0.25) is 0 Å². The highest BCUT2D eigenvalue weighted by Crippen LogP contribution is 2.44. The molecule has 3 aromatic rings. The topological polar surface area (TPSA) is 75.0 Å². The summed E-state index contributed by atoms with van der Waals surface area (Å²) in [5.74, 6) is 0.419. The number of carbonyl (C=O) groups is 2. The van der Waals surface area contributed by atoms with E-state index >= 15 is 0 Å². The van der Waals surface area contributed by atoms with E-state index in [1.54, 1.807) is 24.7 Å². The van der Waals surface area contributed by atoms with E-state index in [2.05, 4.69) is 10.2 Å². The Hall–Kier alpha value is -2.94. The Morgan fingerprint density at radius 2 is 2.00 bits per heavy atom. The molecule has 38 heavy (non-hydrogen) atoms. The molecule has 8 heteroatoms. The molecule has 0 radical (unpaired) electrons. The summed E-state index contributed by atoms with van der Waals surface area (Å²) in [6.45, 7) is 3.14. The summed E-state index contributed by atoms with van der Waals surface area (Å²) in [5.41, 5.74) is 1.40. The van der Waals surface area contributed by atoms with E-state index in [0.717, 1.165) is 35.7 Å². The lowest BCUT2D eigenvalue weighted by atomic mass is 9.81. The average molecular weight is 536 g/mol. The Labute approximate surface area is 228 Å². The fraction of sp³-hybridized carbons (Fsp3) is 0.467. The first-order valence-electron chi connectivity index (χ1n) is 13.6. The Morgan fingerprint density at radius 1 is 1.16 bits per heavy atom. The van der Waals surface area contributed by atoms with Crippen LogP contribution in [0.5, 0.6) is 0 Å². The maximum absolute atomic E-state index is 13.8. The van der Waals surface area contributed by atoms with Crippen molar-refractivity contribution < 1.29 is 18.7 Å². The van der Waals surface area contributed by atoms with Crippen LogP contribution >= 0.6 is 11.3 Å². The Bertz CT molecular complexity index is 1170. The van der Waals surface area contributed by atoms with Gasteiger partial charge in [0.1, 0.15) is 5.76 Å². The summed E-state index contributed by atoms with van der Waals surface area (Å²) in [7, 11) is 1.63. The zero-order valence-corrected chi connectivity index (χ0v) is 22.8. The number of thiophene rings is 1. The van der Waals surface area contributed by atoms with Crippen LogP contribution in [0.3, 0.4) is 0 Å². The molecule has 0 unspecified atom stereocenters. The number of nitrogens with zero attached hydrogens (tertiary/aromatic N) is 2. The van der Waals surface area contributed by atoms with Crippen molar-refractivity contribution in [2.45, 2.75) is 56.7 Å². The second-order valence-electron chi connectivity index (χ2n) is 10.1. The molecule has 1 saturated carbocycles. The highest BCUT2D eigenvalue weighted by atomic mass is 32.1. The first-order valence-corrected chi connectivity index (χ1v) is 14.5. The third-order valence-electron chi connectivity index (χ3n) is 7.79. The zero-order valence-electron chi connectivity index (χ0n) is 22.0. The van der Waals surface area contributed by atoms with Crippen LogP contribution in [0.4, 0.5) is 0 Å². The second-order valence-corrected chi connectivity index (χ2v) is 11.1. The van der Waals surface area contributed by atoms with Crippen LogP contribution in [-0.2, 0) is 16.1 Å². The molecule has 1 fully saturated rings. The zero-order chi connectivity index (χ0) is 26.3. The molecular weight excluding hydrogens is 498 g/mol.